The first-order valence-corrected chi connectivity index (χ1v) is 11.9. The Hall–Kier alpha value is -2.80. The Morgan fingerprint density at radius 1 is 1.18 bits per heavy atom. The summed E-state index contributed by atoms with van der Waals surface area (Å²) in [5, 5.41) is 8.44. The van der Waals surface area contributed by atoms with Crippen LogP contribution in [0.4, 0.5) is 9.80 Å². The van der Waals surface area contributed by atoms with Gasteiger partial charge in [-0.1, -0.05) is 0 Å². The molecule has 1 aliphatic heterocycles. The van der Waals surface area contributed by atoms with Crippen LogP contribution >= 0.6 is 11.3 Å². The molecule has 2 atom stereocenters. The highest BCUT2D eigenvalue weighted by Crippen LogP contribution is 2.48. The fourth-order valence-corrected chi connectivity index (χ4v) is 5.21. The molecule has 182 valence electrons. The summed E-state index contributed by atoms with van der Waals surface area (Å²) in [6, 6.07) is 1.68. The first-order valence-electron chi connectivity index (χ1n) is 11.1. The Bertz CT molecular complexity index is 915. The summed E-state index contributed by atoms with van der Waals surface area (Å²) in [5.74, 6) is -0.338. The van der Waals surface area contributed by atoms with Gasteiger partial charge in [0.05, 0.1) is 24.8 Å². The van der Waals surface area contributed by atoms with E-state index in [2.05, 4.69) is 4.74 Å². The minimum absolute atomic E-state index is 0.129. The van der Waals surface area contributed by atoms with Gasteiger partial charge in [0.25, 0.3) is 0 Å². The molecule has 1 fully saturated rings. The number of aryl methyl sites for hydroxylation is 1. The van der Waals surface area contributed by atoms with E-state index in [0.29, 0.717) is 42.8 Å². The molecule has 1 aromatic heterocycles. The fraction of sp³-hybridized carbons (Fsp3) is 0.652. The van der Waals surface area contributed by atoms with Gasteiger partial charge >= 0.3 is 18.0 Å². The third-order valence-corrected chi connectivity index (χ3v) is 6.36. The first-order chi connectivity index (χ1) is 15.5. The van der Waals surface area contributed by atoms with E-state index in [-0.39, 0.29) is 24.4 Å². The summed E-state index contributed by atoms with van der Waals surface area (Å²) >= 11 is 1.48. The highest BCUT2D eigenvalue weighted by molar-refractivity contribution is 7.16. The zero-order valence-corrected chi connectivity index (χ0v) is 20.8. The van der Waals surface area contributed by atoms with Crippen molar-refractivity contribution in [1.82, 2.24) is 4.90 Å². The molecule has 0 radical (unpaired) electrons. The van der Waals surface area contributed by atoms with Crippen LogP contribution in [0.15, 0.2) is 0 Å². The van der Waals surface area contributed by atoms with Gasteiger partial charge in [-0.05, 0) is 58.9 Å². The van der Waals surface area contributed by atoms with E-state index >= 15 is 0 Å². The van der Waals surface area contributed by atoms with E-state index in [1.54, 1.807) is 24.8 Å². The van der Waals surface area contributed by atoms with Crippen LogP contribution in [0.2, 0.25) is 0 Å². The lowest BCUT2D eigenvalue weighted by atomic mass is 9.79. The number of carbonyl (C=O) groups is 3. The number of nitrogens with zero attached hydrogens (tertiary/aromatic N) is 2. The lowest BCUT2D eigenvalue weighted by molar-refractivity contribution is -0.141. The highest BCUT2D eigenvalue weighted by Gasteiger charge is 2.44. The van der Waals surface area contributed by atoms with Crippen LogP contribution in [0, 0.1) is 17.2 Å². The quantitative estimate of drug-likeness (QED) is 0.508. The number of anilines is 1. The summed E-state index contributed by atoms with van der Waals surface area (Å²) in [4.78, 5) is 37.9. The van der Waals surface area contributed by atoms with Gasteiger partial charge in [-0.25, -0.2) is 9.59 Å². The third kappa shape index (κ3) is 6.84. The zero-order chi connectivity index (χ0) is 24.8. The number of nitrogen functional groups attached to an aromatic ring is 1. The number of esters is 2. The smallest absolute Gasteiger partial charge is 0.410 e. The van der Waals surface area contributed by atoms with Gasteiger partial charge in [0, 0.05) is 23.9 Å². The van der Waals surface area contributed by atoms with E-state index in [1.165, 1.54) is 11.3 Å². The van der Waals surface area contributed by atoms with Crippen molar-refractivity contribution in [3.05, 3.63) is 16.0 Å². The summed E-state index contributed by atoms with van der Waals surface area (Å²) in [7, 11) is 0. The van der Waals surface area contributed by atoms with Crippen LogP contribution < -0.4 is 5.73 Å². The van der Waals surface area contributed by atoms with Crippen LogP contribution in [-0.2, 0) is 25.4 Å². The molecular weight excluding hydrogens is 446 g/mol. The Morgan fingerprint density at radius 2 is 1.85 bits per heavy atom. The predicted octanol–water partition coefficient (Wildman–Crippen LogP) is 3.87. The largest absolute Gasteiger partial charge is 0.465 e. The molecule has 33 heavy (non-hydrogen) atoms. The second-order valence-corrected chi connectivity index (χ2v) is 9.97. The standard InChI is InChI=1S/C18H26N2O4S.C5H7NO2/c1-5-23-16(21)14-13-11-9-20(17(22)24-18(2,3)4)8-10(11)6-7-12(13)25-15(14)19;1-2-8-5(7)3-4-6/h10-11H,5-9,19H2,1-4H3;2-3H2,1H3. The number of nitrogens with two attached hydrogens (primary N) is 1. The number of nitriles is 1. The first kappa shape index (κ1) is 26.5. The van der Waals surface area contributed by atoms with E-state index in [0.717, 1.165) is 23.3 Å². The number of carbonyl (C=O) groups excluding carboxylic acids is 3. The molecule has 2 heterocycles. The van der Waals surface area contributed by atoms with Gasteiger partial charge in [-0.3, -0.25) is 4.79 Å². The number of thiophene rings is 1. The minimum atomic E-state index is -0.515. The molecule has 2 aliphatic rings. The van der Waals surface area contributed by atoms with Crippen molar-refractivity contribution in [3.8, 4) is 6.07 Å². The minimum Gasteiger partial charge on any atom is -0.465 e. The Balaban J connectivity index is 0.000000414. The topological polar surface area (TPSA) is 132 Å². The lowest BCUT2D eigenvalue weighted by Crippen LogP contribution is -2.35. The molecule has 1 aromatic rings. The van der Waals surface area contributed by atoms with Crippen molar-refractivity contribution >= 4 is 34.4 Å². The lowest BCUT2D eigenvalue weighted by Gasteiger charge is -2.25. The average Bonchev–Trinajstić information content (AvgIpc) is 3.28. The molecular formula is C23H33N3O6S. The van der Waals surface area contributed by atoms with Crippen molar-refractivity contribution in [3.63, 3.8) is 0 Å². The van der Waals surface area contributed by atoms with E-state index in [1.807, 2.05) is 20.8 Å². The zero-order valence-electron chi connectivity index (χ0n) is 19.9. The van der Waals surface area contributed by atoms with Crippen molar-refractivity contribution in [2.45, 2.75) is 65.4 Å². The number of amides is 1. The van der Waals surface area contributed by atoms with Gasteiger partial charge in [0.15, 0.2) is 0 Å². The molecule has 1 saturated heterocycles. The normalized spacial score (nSPS) is 18.7. The summed E-state index contributed by atoms with van der Waals surface area (Å²) in [6.45, 7) is 11.0. The number of hydrogen-bond acceptors (Lipinski definition) is 9. The molecule has 1 amide bonds. The van der Waals surface area contributed by atoms with Crippen LogP contribution in [0.25, 0.3) is 0 Å². The molecule has 3 rings (SSSR count). The average molecular weight is 480 g/mol. The maximum atomic E-state index is 12.4. The highest BCUT2D eigenvalue weighted by atomic mass is 32.1. The maximum Gasteiger partial charge on any atom is 0.410 e. The molecule has 10 heteroatoms. The van der Waals surface area contributed by atoms with E-state index < -0.39 is 11.6 Å². The van der Waals surface area contributed by atoms with Crippen molar-refractivity contribution in [1.29, 1.82) is 5.26 Å². The molecule has 0 aromatic carbocycles. The second-order valence-electron chi connectivity index (χ2n) is 8.83. The Morgan fingerprint density at radius 3 is 2.42 bits per heavy atom. The molecule has 2 N–H and O–H groups in total. The van der Waals surface area contributed by atoms with Crippen LogP contribution in [0.3, 0.4) is 0 Å². The predicted molar refractivity (Wildman–Crippen MR) is 124 cm³/mol. The van der Waals surface area contributed by atoms with Gasteiger partial charge < -0.3 is 24.8 Å². The Kier molecular flexibility index (Phi) is 9.11. The van der Waals surface area contributed by atoms with E-state index in [9.17, 15) is 14.4 Å². The van der Waals surface area contributed by atoms with Crippen molar-refractivity contribution in [2.24, 2.45) is 5.92 Å². The number of ether oxygens (including phenoxy) is 3. The third-order valence-electron chi connectivity index (χ3n) is 5.26. The molecule has 1 aliphatic carbocycles. The molecule has 0 spiro atoms. The van der Waals surface area contributed by atoms with Crippen LogP contribution in [0.5, 0.6) is 0 Å². The fourth-order valence-electron chi connectivity index (χ4n) is 4.06. The van der Waals surface area contributed by atoms with Crippen molar-refractivity contribution in [2.75, 3.05) is 32.0 Å². The van der Waals surface area contributed by atoms with Gasteiger partial charge in [0.2, 0.25) is 0 Å². The monoisotopic (exact) mass is 479 g/mol. The molecule has 0 saturated carbocycles. The van der Waals surface area contributed by atoms with Gasteiger partial charge in [0.1, 0.15) is 17.0 Å². The van der Waals surface area contributed by atoms with Crippen LogP contribution in [0.1, 0.15) is 74.2 Å². The van der Waals surface area contributed by atoms with Crippen molar-refractivity contribution < 1.29 is 28.6 Å². The SMILES string of the molecule is CCOC(=O)CC#N.CCOC(=O)c1c(N)sc2c1C1CN(C(=O)OC(C)(C)C)CC1CC2. The van der Waals surface area contributed by atoms with E-state index in [4.69, 9.17) is 20.5 Å². The summed E-state index contributed by atoms with van der Waals surface area (Å²) in [5.41, 5.74) is 7.13. The summed E-state index contributed by atoms with van der Waals surface area (Å²) < 4.78 is 15.1. The van der Waals surface area contributed by atoms with Gasteiger partial charge in [-0.15, -0.1) is 11.3 Å². The Labute approximate surface area is 198 Å². The summed E-state index contributed by atoms with van der Waals surface area (Å²) in [6.07, 6.45) is 1.46. The maximum absolute atomic E-state index is 12.4. The number of rotatable bonds is 4. The number of fused-ring (bicyclic) bond motifs is 3. The number of likely N-dealkylation sites (tertiary alicyclic amines) is 1. The van der Waals surface area contributed by atoms with Gasteiger partial charge in [-0.2, -0.15) is 5.26 Å². The molecule has 2 unspecified atom stereocenters. The molecule has 0 bridgehead atoms. The molecule has 9 nitrogen and oxygen atoms in total. The second kappa shape index (κ2) is 11.4. The number of hydrogen-bond donors (Lipinski definition) is 1. The van der Waals surface area contributed by atoms with Crippen LogP contribution in [-0.4, -0.2) is 54.8 Å².